The zero-order valence-electron chi connectivity index (χ0n) is 10.3. The second-order valence-corrected chi connectivity index (χ2v) is 3.82. The zero-order chi connectivity index (χ0) is 14.8. The summed E-state index contributed by atoms with van der Waals surface area (Å²) in [6.07, 6.45) is 3.05. The molecule has 7 nitrogen and oxygen atoms in total. The Balaban J connectivity index is 2.66. The predicted octanol–water partition coefficient (Wildman–Crippen LogP) is 2.77. The smallest absolute Gasteiger partial charge is 0.422 e. The molecule has 102 valence electrons. The van der Waals surface area contributed by atoms with Crippen LogP contribution in [0.25, 0.3) is 16.0 Å². The van der Waals surface area contributed by atoms with Crippen LogP contribution >= 0.6 is 11.6 Å². The van der Waals surface area contributed by atoms with Gasteiger partial charge in [0, 0.05) is 11.5 Å². The van der Waals surface area contributed by atoms with E-state index in [4.69, 9.17) is 27.4 Å². The molecule has 0 aromatic heterocycles. The average Bonchev–Trinajstić information content (AvgIpc) is 2.45. The first-order valence-electron chi connectivity index (χ1n) is 5.50. The van der Waals surface area contributed by atoms with Crippen LogP contribution in [0.3, 0.4) is 0 Å². The van der Waals surface area contributed by atoms with Gasteiger partial charge in [-0.2, -0.15) is 4.79 Å². The second-order valence-electron chi connectivity index (χ2n) is 3.41. The largest absolute Gasteiger partial charge is 0.453 e. The molecule has 0 atom stereocenters. The highest BCUT2D eigenvalue weighted by molar-refractivity contribution is 6.45. The van der Waals surface area contributed by atoms with Gasteiger partial charge in [0.15, 0.2) is 0 Å². The van der Waals surface area contributed by atoms with Crippen LogP contribution in [-0.4, -0.2) is 29.6 Å². The molecule has 1 aromatic rings. The minimum Gasteiger partial charge on any atom is -0.453 e. The van der Waals surface area contributed by atoms with Crippen molar-refractivity contribution < 1.29 is 14.3 Å². The molecule has 0 unspecified atom stereocenters. The van der Waals surface area contributed by atoms with Crippen LogP contribution < -0.4 is 0 Å². The first-order chi connectivity index (χ1) is 9.70. The van der Waals surface area contributed by atoms with Crippen molar-refractivity contribution in [3.63, 3.8) is 0 Å². The van der Waals surface area contributed by atoms with Crippen molar-refractivity contribution in [2.45, 2.75) is 0 Å². The number of ether oxygens (including phenoxy) is 1. The Labute approximate surface area is 119 Å². The fraction of sp³-hybridized carbons (Fsp3) is 0.167. The van der Waals surface area contributed by atoms with Crippen LogP contribution in [0.5, 0.6) is 0 Å². The van der Waals surface area contributed by atoms with Gasteiger partial charge in [0.1, 0.15) is 6.61 Å². The minimum atomic E-state index is -0.811. The number of carbonyl (C=O) groups is 1. The zero-order valence-corrected chi connectivity index (χ0v) is 11.1. The third-order valence-electron chi connectivity index (χ3n) is 2.15. The molecule has 1 rings (SSSR count). The van der Waals surface area contributed by atoms with Crippen molar-refractivity contribution in [1.82, 2.24) is 0 Å². The third-order valence-corrected chi connectivity index (χ3v) is 2.48. The molecule has 0 saturated carbocycles. The maximum Gasteiger partial charge on any atom is 0.422 e. The predicted molar refractivity (Wildman–Crippen MR) is 73.3 cm³/mol. The third kappa shape index (κ3) is 4.59. The Bertz CT molecular complexity index is 616. The van der Waals surface area contributed by atoms with Gasteiger partial charge in [0.25, 0.3) is 0 Å². The Morgan fingerprint density at radius 1 is 1.35 bits per heavy atom. The number of benzene rings is 1. The number of nitrogens with zero attached hydrogens (tertiary/aromatic N) is 5. The van der Waals surface area contributed by atoms with E-state index in [1.807, 2.05) is 0 Å². The molecule has 0 N–H and O–H groups in total. The van der Waals surface area contributed by atoms with Crippen LogP contribution in [0.4, 0.5) is 0 Å². The molecule has 1 aromatic carbocycles. The van der Waals surface area contributed by atoms with Crippen molar-refractivity contribution in [3.05, 3.63) is 63.0 Å². The summed E-state index contributed by atoms with van der Waals surface area (Å²) in [5.41, 5.74) is 17.0. The molecule has 8 heteroatoms. The molecule has 0 radical (unpaired) electrons. The maximum atomic E-state index is 11.7. The molecule has 0 fully saturated rings. The van der Waals surface area contributed by atoms with Crippen molar-refractivity contribution in [3.8, 4) is 0 Å². The normalized spacial score (nSPS) is 9.65. The van der Waals surface area contributed by atoms with E-state index in [9.17, 15) is 4.79 Å². The lowest BCUT2D eigenvalue weighted by molar-refractivity contribution is -0.138. The molecule has 0 heterocycles. The molecule has 0 aliphatic rings. The van der Waals surface area contributed by atoms with Gasteiger partial charge in [-0.1, -0.05) is 41.0 Å². The highest BCUT2D eigenvalue weighted by Crippen LogP contribution is 2.15. The second kappa shape index (κ2) is 8.50. The number of carbonyl (C=O) groups excluding carboxylic acids is 1. The number of rotatable bonds is 6. The lowest BCUT2D eigenvalue weighted by atomic mass is 10.1. The van der Waals surface area contributed by atoms with Crippen LogP contribution in [-0.2, 0) is 9.53 Å². The Hall–Kier alpha value is -2.59. The minimum absolute atomic E-state index is 0.0384. The highest BCUT2D eigenvalue weighted by Gasteiger charge is 2.26. The molecule has 0 aliphatic carbocycles. The number of azide groups is 1. The summed E-state index contributed by atoms with van der Waals surface area (Å²) in [5, 5.41) is 3.55. The van der Waals surface area contributed by atoms with Crippen molar-refractivity contribution in [2.24, 2.45) is 5.11 Å². The van der Waals surface area contributed by atoms with Gasteiger partial charge in [-0.05, 0) is 17.7 Å². The van der Waals surface area contributed by atoms with Gasteiger partial charge >= 0.3 is 11.7 Å². The average molecular weight is 292 g/mol. The number of halogens is 1. The Morgan fingerprint density at radius 2 is 2.10 bits per heavy atom. The molecule has 0 aliphatic heterocycles. The van der Waals surface area contributed by atoms with Crippen LogP contribution in [0.2, 0.25) is 5.02 Å². The lowest BCUT2D eigenvalue weighted by Crippen LogP contribution is -2.20. The quantitative estimate of drug-likeness (QED) is 0.200. The number of esters is 1. The van der Waals surface area contributed by atoms with Gasteiger partial charge < -0.3 is 10.3 Å². The summed E-state index contributed by atoms with van der Waals surface area (Å²) < 4.78 is 4.87. The first kappa shape index (κ1) is 15.5. The lowest BCUT2D eigenvalue weighted by Gasteiger charge is -2.00. The topological polar surface area (TPSA) is 111 Å². The molecule has 20 heavy (non-hydrogen) atoms. The standard InChI is InChI=1S/C12H10ClN5O2/c13-10-6-2-1-5-9(10)11(17-14)12(19)20-8-4-3-7-16-18-15/h1-6H,7-8H2/b4-3-. The molecule has 0 saturated heterocycles. The van der Waals surface area contributed by atoms with E-state index in [0.29, 0.717) is 0 Å². The van der Waals surface area contributed by atoms with E-state index in [0.717, 1.165) is 0 Å². The van der Waals surface area contributed by atoms with Crippen LogP contribution in [0, 0.1) is 0 Å². The van der Waals surface area contributed by atoms with Gasteiger partial charge in [-0.3, -0.25) is 0 Å². The van der Waals surface area contributed by atoms with Gasteiger partial charge in [0.2, 0.25) is 0 Å². The Morgan fingerprint density at radius 3 is 2.75 bits per heavy atom. The Kier molecular flexibility index (Phi) is 6.57. The van der Waals surface area contributed by atoms with Crippen molar-refractivity contribution in [2.75, 3.05) is 13.2 Å². The maximum absolute atomic E-state index is 11.7. The van der Waals surface area contributed by atoms with E-state index in [-0.39, 0.29) is 29.4 Å². The van der Waals surface area contributed by atoms with E-state index in [1.165, 1.54) is 18.2 Å². The van der Waals surface area contributed by atoms with E-state index in [2.05, 4.69) is 14.8 Å². The number of hydrogen-bond donors (Lipinski definition) is 0. The SMILES string of the molecule is [N-]=[N+]=NC/C=C\COC(=O)C(=[N+]=[N-])c1ccccc1Cl. The van der Waals surface area contributed by atoms with E-state index >= 15 is 0 Å². The molecule has 0 spiro atoms. The van der Waals surface area contributed by atoms with Gasteiger partial charge in [-0.25, -0.2) is 4.79 Å². The van der Waals surface area contributed by atoms with Crippen LogP contribution in [0.15, 0.2) is 41.5 Å². The van der Waals surface area contributed by atoms with E-state index in [1.54, 1.807) is 18.2 Å². The fourth-order valence-corrected chi connectivity index (χ4v) is 1.50. The summed E-state index contributed by atoms with van der Waals surface area (Å²) >= 11 is 5.90. The van der Waals surface area contributed by atoms with Gasteiger partial charge in [-0.15, -0.1) is 0 Å². The molecule has 0 amide bonds. The number of hydrogen-bond acceptors (Lipinski definition) is 3. The van der Waals surface area contributed by atoms with Crippen LogP contribution in [0.1, 0.15) is 5.56 Å². The summed E-state index contributed by atoms with van der Waals surface area (Å²) in [4.78, 5) is 17.2. The first-order valence-corrected chi connectivity index (χ1v) is 5.88. The summed E-state index contributed by atoms with van der Waals surface area (Å²) in [5.74, 6) is -0.811. The summed E-state index contributed by atoms with van der Waals surface area (Å²) in [7, 11) is 0. The molecule has 0 bridgehead atoms. The highest BCUT2D eigenvalue weighted by atomic mass is 35.5. The van der Waals surface area contributed by atoms with Crippen molar-refractivity contribution >= 4 is 23.3 Å². The van der Waals surface area contributed by atoms with E-state index < -0.39 is 5.97 Å². The summed E-state index contributed by atoms with van der Waals surface area (Å²) in [6.45, 7) is 0.128. The summed E-state index contributed by atoms with van der Waals surface area (Å²) in [6, 6.07) is 6.44. The van der Waals surface area contributed by atoms with Crippen molar-refractivity contribution in [1.29, 1.82) is 0 Å². The molecular weight excluding hydrogens is 282 g/mol. The monoisotopic (exact) mass is 291 g/mol. The van der Waals surface area contributed by atoms with Gasteiger partial charge in [0.05, 0.1) is 10.6 Å². The fourth-order valence-electron chi connectivity index (χ4n) is 1.28. The molecular formula is C12H10ClN5O2.